The predicted molar refractivity (Wildman–Crippen MR) is 79.9 cm³/mol. The summed E-state index contributed by atoms with van der Waals surface area (Å²) in [5, 5.41) is 6.76. The number of halogens is 1. The van der Waals surface area contributed by atoms with Crippen LogP contribution in [-0.2, 0) is 0 Å². The first-order valence-electron chi connectivity index (χ1n) is 6.51. The standard InChI is InChI=1S/C13H20ClN5/c1-10-3-6-19(7-4-10)8-5-16-13-11(15-2)12(14)17-9-18-13/h3,9,15H,4-8H2,1-2H3,(H,16,17,18). The maximum Gasteiger partial charge on any atom is 0.157 e. The van der Waals surface area contributed by atoms with Crippen LogP contribution < -0.4 is 10.6 Å². The first-order chi connectivity index (χ1) is 9.20. The van der Waals surface area contributed by atoms with Crippen molar-refractivity contribution in [2.75, 3.05) is 43.9 Å². The Hall–Kier alpha value is -1.33. The Bertz CT molecular complexity index is 460. The maximum atomic E-state index is 6.00. The summed E-state index contributed by atoms with van der Waals surface area (Å²) in [7, 11) is 1.81. The first-order valence-corrected chi connectivity index (χ1v) is 6.88. The van der Waals surface area contributed by atoms with E-state index < -0.39 is 0 Å². The van der Waals surface area contributed by atoms with Gasteiger partial charge in [-0.2, -0.15) is 0 Å². The van der Waals surface area contributed by atoms with E-state index in [1.807, 2.05) is 7.05 Å². The highest BCUT2D eigenvalue weighted by atomic mass is 35.5. The summed E-state index contributed by atoms with van der Waals surface area (Å²) in [6.07, 6.45) is 4.93. The normalized spacial score (nSPS) is 16.1. The van der Waals surface area contributed by atoms with Gasteiger partial charge in [-0.25, -0.2) is 9.97 Å². The van der Waals surface area contributed by atoms with Crippen LogP contribution in [0, 0.1) is 0 Å². The smallest absolute Gasteiger partial charge is 0.157 e. The van der Waals surface area contributed by atoms with Crippen molar-refractivity contribution in [3.05, 3.63) is 23.1 Å². The fourth-order valence-electron chi connectivity index (χ4n) is 2.07. The molecule has 2 rings (SSSR count). The van der Waals surface area contributed by atoms with Crippen LogP contribution in [0.5, 0.6) is 0 Å². The van der Waals surface area contributed by atoms with Gasteiger partial charge in [-0.05, 0) is 13.3 Å². The molecule has 1 aliphatic heterocycles. The van der Waals surface area contributed by atoms with Gasteiger partial charge in [0.15, 0.2) is 11.0 Å². The van der Waals surface area contributed by atoms with Crippen LogP contribution in [0.1, 0.15) is 13.3 Å². The van der Waals surface area contributed by atoms with Crippen LogP contribution in [0.2, 0.25) is 5.15 Å². The van der Waals surface area contributed by atoms with E-state index in [-0.39, 0.29) is 0 Å². The van der Waals surface area contributed by atoms with E-state index in [1.54, 1.807) is 0 Å². The highest BCUT2D eigenvalue weighted by molar-refractivity contribution is 6.32. The monoisotopic (exact) mass is 281 g/mol. The fraction of sp³-hybridized carbons (Fsp3) is 0.538. The van der Waals surface area contributed by atoms with Crippen molar-refractivity contribution in [1.29, 1.82) is 0 Å². The van der Waals surface area contributed by atoms with E-state index in [1.165, 1.54) is 18.3 Å². The number of anilines is 2. The second kappa shape index (κ2) is 6.73. The molecule has 1 aromatic heterocycles. The Morgan fingerprint density at radius 2 is 2.26 bits per heavy atom. The molecule has 0 aromatic carbocycles. The number of nitrogens with zero attached hydrogens (tertiary/aromatic N) is 3. The summed E-state index contributed by atoms with van der Waals surface area (Å²) in [6, 6.07) is 0. The molecule has 2 N–H and O–H groups in total. The Morgan fingerprint density at radius 3 is 2.95 bits per heavy atom. The van der Waals surface area contributed by atoms with Crippen LogP contribution in [0.4, 0.5) is 11.5 Å². The lowest BCUT2D eigenvalue weighted by Crippen LogP contribution is -2.33. The second-order valence-corrected chi connectivity index (χ2v) is 5.02. The molecule has 1 aliphatic rings. The molecule has 0 fully saturated rings. The summed E-state index contributed by atoms with van der Waals surface area (Å²) in [6.45, 7) is 6.20. The average Bonchev–Trinajstić information content (AvgIpc) is 2.41. The largest absolute Gasteiger partial charge is 0.383 e. The Kier molecular flexibility index (Phi) is 4.99. The van der Waals surface area contributed by atoms with Gasteiger partial charge in [-0.3, -0.25) is 4.90 Å². The average molecular weight is 282 g/mol. The van der Waals surface area contributed by atoms with E-state index in [0.29, 0.717) is 5.15 Å². The van der Waals surface area contributed by atoms with Gasteiger partial charge in [0.1, 0.15) is 12.0 Å². The van der Waals surface area contributed by atoms with Gasteiger partial charge in [0.05, 0.1) is 0 Å². The zero-order chi connectivity index (χ0) is 13.7. The topological polar surface area (TPSA) is 53.1 Å². The molecule has 5 nitrogen and oxygen atoms in total. The molecule has 0 saturated carbocycles. The first kappa shape index (κ1) is 14.1. The SMILES string of the molecule is CNc1c(Cl)ncnc1NCCN1CC=C(C)CC1. The van der Waals surface area contributed by atoms with Gasteiger partial charge in [0.2, 0.25) is 0 Å². The molecule has 0 amide bonds. The van der Waals surface area contributed by atoms with Crippen molar-refractivity contribution in [2.24, 2.45) is 0 Å². The molecule has 0 saturated heterocycles. The minimum absolute atomic E-state index is 0.441. The van der Waals surface area contributed by atoms with Gasteiger partial charge in [-0.1, -0.05) is 23.3 Å². The number of hydrogen-bond donors (Lipinski definition) is 2. The lowest BCUT2D eigenvalue weighted by atomic mass is 10.1. The van der Waals surface area contributed by atoms with Crippen LogP contribution in [0.3, 0.4) is 0 Å². The van der Waals surface area contributed by atoms with E-state index in [2.05, 4.69) is 38.5 Å². The van der Waals surface area contributed by atoms with Gasteiger partial charge >= 0.3 is 0 Å². The molecule has 2 heterocycles. The van der Waals surface area contributed by atoms with E-state index >= 15 is 0 Å². The molecule has 104 valence electrons. The van der Waals surface area contributed by atoms with E-state index in [4.69, 9.17) is 11.6 Å². The molecular formula is C13H20ClN5. The Balaban J connectivity index is 1.84. The number of aromatic nitrogens is 2. The van der Waals surface area contributed by atoms with Gasteiger partial charge in [0.25, 0.3) is 0 Å². The third kappa shape index (κ3) is 3.81. The third-order valence-corrected chi connectivity index (χ3v) is 3.58. The van der Waals surface area contributed by atoms with Crippen molar-refractivity contribution < 1.29 is 0 Å². The van der Waals surface area contributed by atoms with Crippen molar-refractivity contribution in [2.45, 2.75) is 13.3 Å². The lowest BCUT2D eigenvalue weighted by molar-refractivity contribution is 0.305. The Labute approximate surface area is 119 Å². The molecule has 0 atom stereocenters. The van der Waals surface area contributed by atoms with Gasteiger partial charge in [0, 0.05) is 33.2 Å². The summed E-state index contributed by atoms with van der Waals surface area (Å²) in [5.74, 6) is 0.756. The molecule has 0 radical (unpaired) electrons. The number of rotatable bonds is 5. The van der Waals surface area contributed by atoms with Crippen LogP contribution >= 0.6 is 11.6 Å². The molecule has 0 unspecified atom stereocenters. The molecule has 6 heteroatoms. The summed E-state index contributed by atoms with van der Waals surface area (Å²) in [5.41, 5.74) is 2.24. The lowest BCUT2D eigenvalue weighted by Gasteiger charge is -2.25. The highest BCUT2D eigenvalue weighted by Crippen LogP contribution is 2.24. The molecule has 0 bridgehead atoms. The zero-order valence-corrected chi connectivity index (χ0v) is 12.2. The molecule has 0 aliphatic carbocycles. The van der Waals surface area contributed by atoms with Crippen molar-refractivity contribution >= 4 is 23.1 Å². The van der Waals surface area contributed by atoms with Gasteiger partial charge in [-0.15, -0.1) is 0 Å². The highest BCUT2D eigenvalue weighted by Gasteiger charge is 2.10. The molecule has 0 spiro atoms. The zero-order valence-electron chi connectivity index (χ0n) is 11.4. The maximum absolute atomic E-state index is 6.00. The van der Waals surface area contributed by atoms with Crippen LogP contribution in [-0.4, -0.2) is 48.1 Å². The molecule has 1 aromatic rings. The summed E-state index contributed by atoms with van der Waals surface area (Å²) < 4.78 is 0. The van der Waals surface area contributed by atoms with Crippen LogP contribution in [0.15, 0.2) is 18.0 Å². The quantitative estimate of drug-likeness (QED) is 0.640. The summed E-state index contributed by atoms with van der Waals surface area (Å²) >= 11 is 6.00. The number of hydrogen-bond acceptors (Lipinski definition) is 5. The minimum Gasteiger partial charge on any atom is -0.383 e. The predicted octanol–water partition coefficient (Wildman–Crippen LogP) is 2.24. The van der Waals surface area contributed by atoms with Crippen molar-refractivity contribution in [3.8, 4) is 0 Å². The summed E-state index contributed by atoms with van der Waals surface area (Å²) in [4.78, 5) is 10.6. The molecular weight excluding hydrogens is 262 g/mol. The van der Waals surface area contributed by atoms with Gasteiger partial charge < -0.3 is 10.6 Å². The molecule has 19 heavy (non-hydrogen) atoms. The number of nitrogens with one attached hydrogen (secondary N) is 2. The van der Waals surface area contributed by atoms with Crippen molar-refractivity contribution in [3.63, 3.8) is 0 Å². The fourth-order valence-corrected chi connectivity index (χ4v) is 2.30. The van der Waals surface area contributed by atoms with E-state index in [9.17, 15) is 0 Å². The third-order valence-electron chi connectivity index (χ3n) is 3.29. The Morgan fingerprint density at radius 1 is 1.42 bits per heavy atom. The van der Waals surface area contributed by atoms with Crippen LogP contribution in [0.25, 0.3) is 0 Å². The van der Waals surface area contributed by atoms with Crippen molar-refractivity contribution in [1.82, 2.24) is 14.9 Å². The second-order valence-electron chi connectivity index (χ2n) is 4.67. The minimum atomic E-state index is 0.441. The van der Waals surface area contributed by atoms with E-state index in [0.717, 1.165) is 37.7 Å².